The molecule has 2 aromatic carbocycles. The summed E-state index contributed by atoms with van der Waals surface area (Å²) < 4.78 is 20.4. The van der Waals surface area contributed by atoms with Gasteiger partial charge in [0.15, 0.2) is 12.4 Å². The summed E-state index contributed by atoms with van der Waals surface area (Å²) >= 11 is 12.1. The number of aromatic nitrogens is 2. The molecule has 3 aromatic rings. The zero-order valence-electron chi connectivity index (χ0n) is 16.7. The Bertz CT molecular complexity index is 1070. The van der Waals surface area contributed by atoms with Crippen LogP contribution in [0.5, 0.6) is 5.75 Å². The van der Waals surface area contributed by atoms with Crippen LogP contribution in [-0.4, -0.2) is 51.7 Å². The number of nitrogens with zero attached hydrogens (tertiary/aromatic N) is 4. The van der Waals surface area contributed by atoms with Crippen LogP contribution in [0.2, 0.25) is 10.0 Å². The molecule has 0 saturated carbocycles. The number of amides is 1. The SMILES string of the molecule is O=C(c1ccn(COc2cccc(Cl)c2)n1)N1CCN(Cc2ccc(F)cc2Cl)CC1. The van der Waals surface area contributed by atoms with Crippen molar-refractivity contribution >= 4 is 29.1 Å². The number of carbonyl (C=O) groups excluding carboxylic acids is 1. The van der Waals surface area contributed by atoms with Crippen molar-refractivity contribution in [2.75, 3.05) is 26.2 Å². The molecule has 0 radical (unpaired) electrons. The molecular weight excluding hydrogens is 442 g/mol. The summed E-state index contributed by atoms with van der Waals surface area (Å²) in [7, 11) is 0. The highest BCUT2D eigenvalue weighted by atomic mass is 35.5. The topological polar surface area (TPSA) is 50.6 Å². The third-order valence-corrected chi connectivity index (χ3v) is 5.67. The zero-order valence-corrected chi connectivity index (χ0v) is 18.2. The van der Waals surface area contributed by atoms with E-state index in [0.717, 1.165) is 5.56 Å². The Labute approximate surface area is 189 Å². The fraction of sp³-hybridized carbons (Fsp3) is 0.273. The molecular formula is C22H21Cl2FN4O2. The first-order valence-electron chi connectivity index (χ1n) is 9.85. The molecule has 0 bridgehead atoms. The number of hydrogen-bond acceptors (Lipinski definition) is 4. The van der Waals surface area contributed by atoms with Gasteiger partial charge in [-0.1, -0.05) is 35.3 Å². The number of carbonyl (C=O) groups is 1. The van der Waals surface area contributed by atoms with Gasteiger partial charge in [0.05, 0.1) is 0 Å². The number of ether oxygens (including phenoxy) is 1. The van der Waals surface area contributed by atoms with E-state index in [1.165, 1.54) is 12.1 Å². The maximum Gasteiger partial charge on any atom is 0.274 e. The van der Waals surface area contributed by atoms with Gasteiger partial charge in [-0.3, -0.25) is 9.69 Å². The molecule has 0 N–H and O–H groups in total. The highest BCUT2D eigenvalue weighted by molar-refractivity contribution is 6.31. The largest absolute Gasteiger partial charge is 0.471 e. The standard InChI is InChI=1S/C22H21Cl2FN4O2/c23-17-2-1-3-19(12-17)31-15-29-7-6-21(26-29)22(30)28-10-8-27(9-11-28)14-16-4-5-18(25)13-20(16)24/h1-7,12-13H,8-11,14-15H2. The van der Waals surface area contributed by atoms with Crippen LogP contribution in [-0.2, 0) is 13.3 Å². The first kappa shape index (κ1) is 21.6. The van der Waals surface area contributed by atoms with E-state index in [-0.39, 0.29) is 18.5 Å². The number of halogens is 3. The Hall–Kier alpha value is -2.61. The Morgan fingerprint density at radius 2 is 1.87 bits per heavy atom. The molecule has 1 aliphatic heterocycles. The number of hydrogen-bond donors (Lipinski definition) is 0. The first-order chi connectivity index (χ1) is 15.0. The Kier molecular flexibility index (Phi) is 6.75. The maximum absolute atomic E-state index is 13.2. The second kappa shape index (κ2) is 9.68. The van der Waals surface area contributed by atoms with Crippen LogP contribution in [0, 0.1) is 5.82 Å². The van der Waals surface area contributed by atoms with Gasteiger partial charge in [0.25, 0.3) is 5.91 Å². The molecule has 162 valence electrons. The van der Waals surface area contributed by atoms with E-state index in [0.29, 0.717) is 54.2 Å². The van der Waals surface area contributed by atoms with Gasteiger partial charge in [-0.15, -0.1) is 0 Å². The van der Waals surface area contributed by atoms with Crippen LogP contribution in [0.4, 0.5) is 4.39 Å². The Morgan fingerprint density at radius 3 is 2.61 bits per heavy atom. The monoisotopic (exact) mass is 462 g/mol. The van der Waals surface area contributed by atoms with Crippen molar-refractivity contribution in [3.63, 3.8) is 0 Å². The van der Waals surface area contributed by atoms with Crippen molar-refractivity contribution in [2.45, 2.75) is 13.3 Å². The van der Waals surface area contributed by atoms with Crippen molar-refractivity contribution < 1.29 is 13.9 Å². The van der Waals surface area contributed by atoms with E-state index in [4.69, 9.17) is 27.9 Å². The summed E-state index contributed by atoms with van der Waals surface area (Å²) in [5.74, 6) is 0.177. The fourth-order valence-electron chi connectivity index (χ4n) is 3.41. The van der Waals surface area contributed by atoms with Crippen molar-refractivity contribution in [3.05, 3.63) is 81.8 Å². The van der Waals surface area contributed by atoms with Crippen LogP contribution in [0.25, 0.3) is 0 Å². The summed E-state index contributed by atoms with van der Waals surface area (Å²) in [6, 6.07) is 13.2. The van der Waals surface area contributed by atoms with Gasteiger partial charge >= 0.3 is 0 Å². The molecule has 31 heavy (non-hydrogen) atoms. The van der Waals surface area contributed by atoms with E-state index in [9.17, 15) is 9.18 Å². The highest BCUT2D eigenvalue weighted by Crippen LogP contribution is 2.20. The van der Waals surface area contributed by atoms with E-state index < -0.39 is 0 Å². The minimum Gasteiger partial charge on any atom is -0.471 e. The van der Waals surface area contributed by atoms with Crippen LogP contribution in [0.1, 0.15) is 16.1 Å². The van der Waals surface area contributed by atoms with Gasteiger partial charge in [-0.25, -0.2) is 9.07 Å². The van der Waals surface area contributed by atoms with Gasteiger partial charge in [0, 0.05) is 49.0 Å². The molecule has 1 aliphatic rings. The summed E-state index contributed by atoms with van der Waals surface area (Å²) in [5, 5.41) is 5.34. The molecule has 9 heteroatoms. The average Bonchev–Trinajstić information content (AvgIpc) is 3.23. The quantitative estimate of drug-likeness (QED) is 0.547. The zero-order chi connectivity index (χ0) is 21.8. The van der Waals surface area contributed by atoms with Gasteiger partial charge < -0.3 is 9.64 Å². The molecule has 2 heterocycles. The van der Waals surface area contributed by atoms with Crippen LogP contribution in [0.3, 0.4) is 0 Å². The van der Waals surface area contributed by atoms with Crippen molar-refractivity contribution in [1.29, 1.82) is 0 Å². The second-order valence-corrected chi connectivity index (χ2v) is 8.12. The predicted octanol–water partition coefficient (Wildman–Crippen LogP) is 4.32. The molecule has 1 amide bonds. The lowest BCUT2D eigenvalue weighted by Gasteiger charge is -2.34. The van der Waals surface area contributed by atoms with Crippen LogP contribution < -0.4 is 4.74 Å². The van der Waals surface area contributed by atoms with Crippen molar-refractivity contribution in [2.24, 2.45) is 0 Å². The van der Waals surface area contributed by atoms with E-state index in [2.05, 4.69) is 10.00 Å². The Morgan fingerprint density at radius 1 is 1.06 bits per heavy atom. The number of benzene rings is 2. The van der Waals surface area contributed by atoms with Gasteiger partial charge in [-0.2, -0.15) is 5.10 Å². The lowest BCUT2D eigenvalue weighted by molar-refractivity contribution is 0.0621. The molecule has 0 aliphatic carbocycles. The normalized spacial score (nSPS) is 14.6. The lowest BCUT2D eigenvalue weighted by atomic mass is 10.2. The molecule has 1 fully saturated rings. The summed E-state index contributed by atoms with van der Waals surface area (Å²) in [6.07, 6.45) is 1.71. The van der Waals surface area contributed by atoms with Crippen LogP contribution >= 0.6 is 23.2 Å². The summed E-state index contributed by atoms with van der Waals surface area (Å²) in [4.78, 5) is 16.8. The van der Waals surface area contributed by atoms with Gasteiger partial charge in [0.2, 0.25) is 0 Å². The second-order valence-electron chi connectivity index (χ2n) is 7.28. The summed E-state index contributed by atoms with van der Waals surface area (Å²) in [5.41, 5.74) is 1.26. The van der Waals surface area contributed by atoms with Crippen molar-refractivity contribution in [3.8, 4) is 5.75 Å². The van der Waals surface area contributed by atoms with Gasteiger partial charge in [-0.05, 0) is 42.0 Å². The van der Waals surface area contributed by atoms with Crippen LogP contribution in [0.15, 0.2) is 54.7 Å². The highest BCUT2D eigenvalue weighted by Gasteiger charge is 2.24. The molecule has 0 unspecified atom stereocenters. The maximum atomic E-state index is 13.2. The van der Waals surface area contributed by atoms with Crippen molar-refractivity contribution in [1.82, 2.24) is 19.6 Å². The van der Waals surface area contributed by atoms with E-state index in [1.807, 2.05) is 0 Å². The lowest BCUT2D eigenvalue weighted by Crippen LogP contribution is -2.48. The smallest absolute Gasteiger partial charge is 0.274 e. The number of rotatable bonds is 6. The Balaban J connectivity index is 1.28. The number of piperazine rings is 1. The van der Waals surface area contributed by atoms with E-state index in [1.54, 1.807) is 52.2 Å². The minimum absolute atomic E-state index is 0.110. The minimum atomic E-state index is -0.346. The molecule has 6 nitrogen and oxygen atoms in total. The average molecular weight is 463 g/mol. The third kappa shape index (κ3) is 5.55. The summed E-state index contributed by atoms with van der Waals surface area (Å²) in [6.45, 7) is 3.39. The van der Waals surface area contributed by atoms with Gasteiger partial charge in [0.1, 0.15) is 11.6 Å². The fourth-order valence-corrected chi connectivity index (χ4v) is 3.81. The molecule has 4 rings (SSSR count). The molecule has 0 atom stereocenters. The van der Waals surface area contributed by atoms with E-state index >= 15 is 0 Å². The third-order valence-electron chi connectivity index (χ3n) is 5.09. The first-order valence-corrected chi connectivity index (χ1v) is 10.6. The molecule has 1 saturated heterocycles. The molecule has 0 spiro atoms. The predicted molar refractivity (Wildman–Crippen MR) is 117 cm³/mol. The molecule has 1 aromatic heterocycles.